The van der Waals surface area contributed by atoms with Crippen LogP contribution in [0.5, 0.6) is 0 Å². The zero-order valence-electron chi connectivity index (χ0n) is 17.1. The average Bonchev–Trinajstić information content (AvgIpc) is 2.94. The van der Waals surface area contributed by atoms with Crippen LogP contribution in [-0.4, -0.2) is 22.3 Å². The van der Waals surface area contributed by atoms with Gasteiger partial charge in [0.15, 0.2) is 0 Å². The third-order valence-electron chi connectivity index (χ3n) is 4.77. The highest BCUT2D eigenvalue weighted by Gasteiger charge is 2.23. The Kier molecular flexibility index (Phi) is 6.65. The number of anilines is 1. The normalized spacial score (nSPS) is 12.9. The Bertz CT molecular complexity index is 773. The fourth-order valence-corrected chi connectivity index (χ4v) is 2.98. The van der Waals surface area contributed by atoms with Crippen LogP contribution in [-0.2, 0) is 16.8 Å². The van der Waals surface area contributed by atoms with Gasteiger partial charge < -0.3 is 16.2 Å². The molecule has 1 heterocycles. The van der Waals surface area contributed by atoms with Crippen LogP contribution in [0.2, 0.25) is 0 Å². The van der Waals surface area contributed by atoms with Crippen molar-refractivity contribution in [2.24, 2.45) is 5.73 Å². The molecule has 0 radical (unpaired) electrons. The van der Waals surface area contributed by atoms with E-state index in [4.69, 9.17) is 16.2 Å². The lowest BCUT2D eigenvalue weighted by Crippen LogP contribution is -2.17. The number of amides is 1. The number of hydrogen-bond donors (Lipinski definition) is 2. The molecular weight excluding hydrogens is 340 g/mol. The van der Waals surface area contributed by atoms with Crippen molar-refractivity contribution in [1.82, 2.24) is 9.78 Å². The molecular formula is C21H32N4O2. The van der Waals surface area contributed by atoms with E-state index in [1.807, 2.05) is 6.92 Å². The summed E-state index contributed by atoms with van der Waals surface area (Å²) in [4.78, 5) is 11.9. The topological polar surface area (TPSA) is 96.2 Å². The molecule has 0 fully saturated rings. The number of benzene rings is 1. The molecule has 1 atom stereocenters. The number of ether oxygens (including phenoxy) is 1. The van der Waals surface area contributed by atoms with Crippen LogP contribution in [0.15, 0.2) is 24.3 Å². The highest BCUT2D eigenvalue weighted by molar-refractivity contribution is 5.98. The summed E-state index contributed by atoms with van der Waals surface area (Å²) in [6.45, 7) is 11.5. The number of unbranched alkanes of at least 4 members (excludes halogenated alkanes) is 1. The monoisotopic (exact) mass is 372 g/mol. The number of primary amides is 1. The van der Waals surface area contributed by atoms with Crippen LogP contribution in [0.4, 0.5) is 5.82 Å². The Morgan fingerprint density at radius 2 is 1.89 bits per heavy atom. The fourth-order valence-electron chi connectivity index (χ4n) is 2.98. The van der Waals surface area contributed by atoms with Crippen LogP contribution in [0, 0.1) is 0 Å². The zero-order chi connectivity index (χ0) is 20.2. The summed E-state index contributed by atoms with van der Waals surface area (Å²) in [5.41, 5.74) is 14.9. The highest BCUT2D eigenvalue weighted by atomic mass is 16.5. The van der Waals surface area contributed by atoms with Crippen LogP contribution < -0.4 is 11.5 Å². The first-order valence-corrected chi connectivity index (χ1v) is 9.51. The molecule has 0 aliphatic rings. The molecule has 2 rings (SSSR count). The molecule has 0 saturated heterocycles. The number of rotatable bonds is 8. The molecule has 1 unspecified atom stereocenters. The van der Waals surface area contributed by atoms with E-state index < -0.39 is 5.91 Å². The summed E-state index contributed by atoms with van der Waals surface area (Å²) in [6, 6.07) is 8.27. The number of nitrogens with two attached hydrogens (primary N) is 2. The standard InChI is InChI=1S/C21H32N4O2/c1-6-7-12-27-13-17-18(20(23)26)19(22)25(24-17)14(2)15-8-10-16(11-9-15)21(3,4)5/h8-11,14H,6-7,12-13,22H2,1-5H3,(H2,23,26). The third-order valence-corrected chi connectivity index (χ3v) is 4.77. The van der Waals surface area contributed by atoms with Gasteiger partial charge in [0.1, 0.15) is 17.1 Å². The minimum atomic E-state index is -0.580. The van der Waals surface area contributed by atoms with E-state index in [9.17, 15) is 4.79 Å². The van der Waals surface area contributed by atoms with Crippen molar-refractivity contribution < 1.29 is 9.53 Å². The molecule has 4 N–H and O–H groups in total. The molecule has 148 valence electrons. The molecule has 6 heteroatoms. The Hall–Kier alpha value is -2.34. The van der Waals surface area contributed by atoms with Gasteiger partial charge in [-0.3, -0.25) is 4.79 Å². The number of aromatic nitrogens is 2. The number of carbonyl (C=O) groups is 1. The van der Waals surface area contributed by atoms with Gasteiger partial charge in [0.2, 0.25) is 0 Å². The van der Waals surface area contributed by atoms with E-state index in [0.29, 0.717) is 12.3 Å². The minimum absolute atomic E-state index is 0.0919. The van der Waals surface area contributed by atoms with Crippen molar-refractivity contribution in [2.45, 2.75) is 65.5 Å². The number of nitrogen functional groups attached to an aromatic ring is 1. The van der Waals surface area contributed by atoms with Gasteiger partial charge in [-0.15, -0.1) is 0 Å². The Morgan fingerprint density at radius 3 is 2.41 bits per heavy atom. The number of carbonyl (C=O) groups excluding carboxylic acids is 1. The molecule has 1 aromatic carbocycles. The summed E-state index contributed by atoms with van der Waals surface area (Å²) in [6.07, 6.45) is 2.00. The third kappa shape index (κ3) is 4.89. The van der Waals surface area contributed by atoms with Gasteiger partial charge in [-0.05, 0) is 29.9 Å². The average molecular weight is 373 g/mol. The van der Waals surface area contributed by atoms with E-state index in [2.05, 4.69) is 57.1 Å². The van der Waals surface area contributed by atoms with E-state index in [-0.39, 0.29) is 29.4 Å². The predicted octanol–water partition coefficient (Wildman–Crippen LogP) is 3.79. The lowest BCUT2D eigenvalue weighted by molar-refractivity contribution is 0.0980. The minimum Gasteiger partial charge on any atom is -0.383 e. The first-order chi connectivity index (χ1) is 12.7. The van der Waals surface area contributed by atoms with Gasteiger partial charge in [-0.2, -0.15) is 5.10 Å². The summed E-state index contributed by atoms with van der Waals surface area (Å²) >= 11 is 0. The van der Waals surface area contributed by atoms with Gasteiger partial charge >= 0.3 is 0 Å². The molecule has 0 aliphatic heterocycles. The summed E-state index contributed by atoms with van der Waals surface area (Å²) in [5.74, 6) is -0.299. The van der Waals surface area contributed by atoms with Crippen molar-refractivity contribution in [3.63, 3.8) is 0 Å². The molecule has 0 bridgehead atoms. The zero-order valence-corrected chi connectivity index (χ0v) is 17.1. The lowest BCUT2D eigenvalue weighted by atomic mass is 9.86. The quantitative estimate of drug-likeness (QED) is 0.689. The van der Waals surface area contributed by atoms with Crippen LogP contribution in [0.25, 0.3) is 0 Å². The maximum absolute atomic E-state index is 11.9. The molecule has 6 nitrogen and oxygen atoms in total. The van der Waals surface area contributed by atoms with Crippen molar-refractivity contribution in [3.8, 4) is 0 Å². The second-order valence-corrected chi connectivity index (χ2v) is 7.97. The Balaban J connectivity index is 2.29. The number of nitrogens with zero attached hydrogens (tertiary/aromatic N) is 2. The van der Waals surface area contributed by atoms with Crippen molar-refractivity contribution in [1.29, 1.82) is 0 Å². The van der Waals surface area contributed by atoms with Crippen molar-refractivity contribution in [2.75, 3.05) is 12.3 Å². The Morgan fingerprint density at radius 1 is 1.26 bits per heavy atom. The lowest BCUT2D eigenvalue weighted by Gasteiger charge is -2.21. The number of hydrogen-bond acceptors (Lipinski definition) is 4. The van der Waals surface area contributed by atoms with Crippen molar-refractivity contribution in [3.05, 3.63) is 46.6 Å². The summed E-state index contributed by atoms with van der Waals surface area (Å²) < 4.78 is 7.28. The molecule has 2 aromatic rings. The SMILES string of the molecule is CCCCOCc1nn(C(C)c2ccc(C(C)(C)C)cc2)c(N)c1C(N)=O. The molecule has 1 amide bonds. The van der Waals surface area contributed by atoms with Gasteiger partial charge in [0.05, 0.1) is 12.6 Å². The maximum Gasteiger partial charge on any atom is 0.254 e. The van der Waals surface area contributed by atoms with Gasteiger partial charge in [-0.1, -0.05) is 58.4 Å². The second kappa shape index (κ2) is 8.57. The van der Waals surface area contributed by atoms with E-state index in [1.165, 1.54) is 5.56 Å². The van der Waals surface area contributed by atoms with E-state index in [1.54, 1.807) is 4.68 Å². The van der Waals surface area contributed by atoms with E-state index in [0.717, 1.165) is 18.4 Å². The van der Waals surface area contributed by atoms with E-state index >= 15 is 0 Å². The highest BCUT2D eigenvalue weighted by Crippen LogP contribution is 2.28. The van der Waals surface area contributed by atoms with Crippen molar-refractivity contribution >= 4 is 11.7 Å². The smallest absolute Gasteiger partial charge is 0.254 e. The predicted molar refractivity (Wildman–Crippen MR) is 109 cm³/mol. The van der Waals surface area contributed by atoms with Crippen LogP contribution >= 0.6 is 0 Å². The van der Waals surface area contributed by atoms with Crippen LogP contribution in [0.1, 0.15) is 80.7 Å². The first kappa shape index (κ1) is 21.0. The van der Waals surface area contributed by atoms with Crippen LogP contribution in [0.3, 0.4) is 0 Å². The molecule has 0 aliphatic carbocycles. The van der Waals surface area contributed by atoms with Gasteiger partial charge in [0.25, 0.3) is 5.91 Å². The molecule has 0 saturated carbocycles. The summed E-state index contributed by atoms with van der Waals surface area (Å²) in [7, 11) is 0. The Labute approximate surface area is 161 Å². The first-order valence-electron chi connectivity index (χ1n) is 9.51. The van der Waals surface area contributed by atoms with Gasteiger partial charge in [0, 0.05) is 6.61 Å². The fraction of sp³-hybridized carbons (Fsp3) is 0.524. The maximum atomic E-state index is 11.9. The molecule has 1 aromatic heterocycles. The summed E-state index contributed by atoms with van der Waals surface area (Å²) in [5, 5.41) is 4.54. The molecule has 27 heavy (non-hydrogen) atoms. The molecule has 0 spiro atoms. The largest absolute Gasteiger partial charge is 0.383 e. The van der Waals surface area contributed by atoms with Gasteiger partial charge in [-0.25, -0.2) is 4.68 Å². The second-order valence-electron chi connectivity index (χ2n) is 7.97.